The van der Waals surface area contributed by atoms with E-state index in [4.69, 9.17) is 10.5 Å². The summed E-state index contributed by atoms with van der Waals surface area (Å²) in [6, 6.07) is 1.76. The van der Waals surface area contributed by atoms with E-state index in [0.717, 1.165) is 18.9 Å². The summed E-state index contributed by atoms with van der Waals surface area (Å²) in [7, 11) is 0. The minimum absolute atomic E-state index is 0.672. The van der Waals surface area contributed by atoms with Crippen molar-refractivity contribution in [2.24, 2.45) is 5.92 Å². The Morgan fingerprint density at radius 3 is 3.08 bits per heavy atom. The number of anilines is 1. The molecule has 0 atom stereocenters. The Balaban J connectivity index is 1.82. The number of rotatable bonds is 4. The van der Waals surface area contributed by atoms with E-state index >= 15 is 0 Å². The second-order valence-electron chi connectivity index (χ2n) is 3.49. The lowest BCUT2D eigenvalue weighted by atomic mass is 10.3. The van der Waals surface area contributed by atoms with E-state index < -0.39 is 0 Å². The topological polar surface area (TPSA) is 48.1 Å². The first-order chi connectivity index (χ1) is 6.36. The molecule has 0 spiro atoms. The fraction of sp³-hybridized carbons (Fsp3) is 0.500. The molecule has 1 fully saturated rings. The lowest BCUT2D eigenvalue weighted by Crippen LogP contribution is -2.01. The van der Waals surface area contributed by atoms with Crippen molar-refractivity contribution < 1.29 is 4.74 Å². The van der Waals surface area contributed by atoms with Gasteiger partial charge in [0.1, 0.15) is 0 Å². The zero-order chi connectivity index (χ0) is 9.10. The molecule has 0 aliphatic heterocycles. The number of nitrogens with zero attached hydrogens (tertiary/aromatic N) is 1. The van der Waals surface area contributed by atoms with E-state index in [-0.39, 0.29) is 0 Å². The number of aromatic nitrogens is 1. The molecule has 0 bridgehead atoms. The molecule has 3 heteroatoms. The zero-order valence-electron chi connectivity index (χ0n) is 7.57. The molecule has 13 heavy (non-hydrogen) atoms. The Hall–Kier alpha value is -1.25. The molecule has 0 unspecified atom stereocenters. The van der Waals surface area contributed by atoms with E-state index in [0.29, 0.717) is 11.4 Å². The normalized spacial score (nSPS) is 15.7. The van der Waals surface area contributed by atoms with Crippen molar-refractivity contribution >= 4 is 5.69 Å². The van der Waals surface area contributed by atoms with Gasteiger partial charge < -0.3 is 10.5 Å². The third kappa shape index (κ3) is 2.34. The van der Waals surface area contributed by atoms with Gasteiger partial charge in [0.2, 0.25) is 0 Å². The van der Waals surface area contributed by atoms with Crippen LogP contribution in [0.3, 0.4) is 0 Å². The van der Waals surface area contributed by atoms with Crippen LogP contribution in [-0.4, -0.2) is 11.6 Å². The van der Waals surface area contributed by atoms with Crippen molar-refractivity contribution in [2.45, 2.75) is 19.3 Å². The molecule has 1 aliphatic carbocycles. The molecule has 70 valence electrons. The maximum Gasteiger partial charge on any atom is 0.160 e. The van der Waals surface area contributed by atoms with Crippen LogP contribution in [0.2, 0.25) is 0 Å². The highest BCUT2D eigenvalue weighted by Gasteiger charge is 2.20. The van der Waals surface area contributed by atoms with Crippen molar-refractivity contribution in [1.82, 2.24) is 4.98 Å². The van der Waals surface area contributed by atoms with Crippen LogP contribution >= 0.6 is 0 Å². The average Bonchev–Trinajstić information content (AvgIpc) is 2.92. The minimum atomic E-state index is 0.672. The van der Waals surface area contributed by atoms with Crippen LogP contribution in [0.1, 0.15) is 19.3 Å². The Morgan fingerprint density at radius 2 is 2.38 bits per heavy atom. The van der Waals surface area contributed by atoms with Gasteiger partial charge in [0.05, 0.1) is 18.5 Å². The molecule has 1 aromatic heterocycles. The quantitative estimate of drug-likeness (QED) is 0.765. The highest BCUT2D eigenvalue weighted by Crippen LogP contribution is 2.32. The van der Waals surface area contributed by atoms with Crippen LogP contribution in [0.4, 0.5) is 5.69 Å². The van der Waals surface area contributed by atoms with E-state index in [1.165, 1.54) is 12.8 Å². The van der Waals surface area contributed by atoms with Crippen LogP contribution in [0.5, 0.6) is 5.75 Å². The number of ether oxygens (including phenoxy) is 1. The van der Waals surface area contributed by atoms with Gasteiger partial charge in [0, 0.05) is 6.20 Å². The van der Waals surface area contributed by atoms with Gasteiger partial charge in [-0.25, -0.2) is 0 Å². The third-order valence-corrected chi connectivity index (χ3v) is 2.30. The number of nitrogens with two attached hydrogens (primary N) is 1. The summed E-state index contributed by atoms with van der Waals surface area (Å²) in [6.45, 7) is 0.764. The Kier molecular flexibility index (Phi) is 2.34. The van der Waals surface area contributed by atoms with Gasteiger partial charge in [-0.1, -0.05) is 12.8 Å². The summed E-state index contributed by atoms with van der Waals surface area (Å²) < 4.78 is 5.50. The fourth-order valence-corrected chi connectivity index (χ4v) is 1.25. The van der Waals surface area contributed by atoms with Crippen molar-refractivity contribution in [3.05, 3.63) is 18.5 Å². The lowest BCUT2D eigenvalue weighted by Gasteiger charge is -2.06. The Morgan fingerprint density at radius 1 is 1.54 bits per heavy atom. The number of pyridine rings is 1. The van der Waals surface area contributed by atoms with Crippen LogP contribution in [-0.2, 0) is 0 Å². The van der Waals surface area contributed by atoms with Crippen molar-refractivity contribution in [3.63, 3.8) is 0 Å². The van der Waals surface area contributed by atoms with Crippen LogP contribution in [0.15, 0.2) is 18.5 Å². The predicted molar refractivity (Wildman–Crippen MR) is 51.5 cm³/mol. The van der Waals surface area contributed by atoms with Crippen LogP contribution < -0.4 is 10.5 Å². The standard InChI is InChI=1S/C10H14N2O/c11-9-3-5-12-7-10(9)13-6-4-8-1-2-8/h3,5,7-8H,1-2,4,6H2,(H2,11,12). The molecular weight excluding hydrogens is 164 g/mol. The van der Waals surface area contributed by atoms with E-state index in [1.807, 2.05) is 0 Å². The molecule has 3 nitrogen and oxygen atoms in total. The van der Waals surface area contributed by atoms with Crippen molar-refractivity contribution in [1.29, 1.82) is 0 Å². The SMILES string of the molecule is Nc1ccncc1OCCC1CC1. The largest absolute Gasteiger partial charge is 0.490 e. The molecule has 2 rings (SSSR count). The number of hydrogen-bond acceptors (Lipinski definition) is 3. The smallest absolute Gasteiger partial charge is 0.160 e. The molecule has 1 saturated carbocycles. The first kappa shape index (κ1) is 8.35. The molecule has 0 amide bonds. The lowest BCUT2D eigenvalue weighted by molar-refractivity contribution is 0.303. The van der Waals surface area contributed by atoms with E-state index in [1.54, 1.807) is 18.5 Å². The first-order valence-corrected chi connectivity index (χ1v) is 4.68. The molecule has 0 saturated heterocycles. The summed E-state index contributed by atoms with van der Waals surface area (Å²) in [5.41, 5.74) is 6.36. The summed E-state index contributed by atoms with van der Waals surface area (Å²) in [5, 5.41) is 0. The van der Waals surface area contributed by atoms with Gasteiger partial charge in [0.25, 0.3) is 0 Å². The van der Waals surface area contributed by atoms with Crippen LogP contribution in [0, 0.1) is 5.92 Å². The van der Waals surface area contributed by atoms with Gasteiger partial charge in [-0.3, -0.25) is 4.98 Å². The molecule has 0 radical (unpaired) electrons. The minimum Gasteiger partial charge on any atom is -0.490 e. The summed E-state index contributed by atoms with van der Waals surface area (Å²) >= 11 is 0. The number of hydrogen-bond donors (Lipinski definition) is 1. The van der Waals surface area contributed by atoms with Crippen LogP contribution in [0.25, 0.3) is 0 Å². The van der Waals surface area contributed by atoms with E-state index in [2.05, 4.69) is 4.98 Å². The van der Waals surface area contributed by atoms with Gasteiger partial charge in [-0.15, -0.1) is 0 Å². The molecule has 2 N–H and O–H groups in total. The fourth-order valence-electron chi connectivity index (χ4n) is 1.25. The second kappa shape index (κ2) is 3.64. The predicted octanol–water partition coefficient (Wildman–Crippen LogP) is 1.84. The first-order valence-electron chi connectivity index (χ1n) is 4.68. The third-order valence-electron chi connectivity index (χ3n) is 2.30. The molecule has 1 heterocycles. The summed E-state index contributed by atoms with van der Waals surface area (Å²) in [4.78, 5) is 3.95. The molecule has 0 aromatic carbocycles. The summed E-state index contributed by atoms with van der Waals surface area (Å²) in [6.07, 6.45) is 7.22. The second-order valence-corrected chi connectivity index (χ2v) is 3.49. The monoisotopic (exact) mass is 178 g/mol. The maximum atomic E-state index is 5.69. The summed E-state index contributed by atoms with van der Waals surface area (Å²) in [5.74, 6) is 1.61. The van der Waals surface area contributed by atoms with Gasteiger partial charge in [0.15, 0.2) is 5.75 Å². The van der Waals surface area contributed by atoms with Gasteiger partial charge in [-0.05, 0) is 18.4 Å². The van der Waals surface area contributed by atoms with Crippen molar-refractivity contribution in [3.8, 4) is 5.75 Å². The maximum absolute atomic E-state index is 5.69. The van der Waals surface area contributed by atoms with Gasteiger partial charge >= 0.3 is 0 Å². The highest BCUT2D eigenvalue weighted by atomic mass is 16.5. The Labute approximate surface area is 77.9 Å². The molecule has 1 aliphatic rings. The van der Waals surface area contributed by atoms with E-state index in [9.17, 15) is 0 Å². The average molecular weight is 178 g/mol. The molecular formula is C10H14N2O. The Bertz CT molecular complexity index is 284. The zero-order valence-corrected chi connectivity index (χ0v) is 7.57. The number of nitrogen functional groups attached to an aromatic ring is 1. The molecule has 1 aromatic rings. The van der Waals surface area contributed by atoms with Crippen molar-refractivity contribution in [2.75, 3.05) is 12.3 Å². The highest BCUT2D eigenvalue weighted by molar-refractivity contribution is 5.49. The van der Waals surface area contributed by atoms with Gasteiger partial charge in [-0.2, -0.15) is 0 Å².